The van der Waals surface area contributed by atoms with Crippen LogP contribution in [-0.4, -0.2) is 36.2 Å². The summed E-state index contributed by atoms with van der Waals surface area (Å²) in [7, 11) is 2.12. The molecule has 0 heterocycles. The van der Waals surface area contributed by atoms with Gasteiger partial charge < -0.3 is 15.3 Å². The molecule has 0 amide bonds. The molecule has 1 saturated carbocycles. The minimum Gasteiger partial charge on any atom is -0.505 e. The first-order valence-corrected chi connectivity index (χ1v) is 6.06. The Labute approximate surface area is 101 Å². The van der Waals surface area contributed by atoms with E-state index in [0.29, 0.717) is 12.1 Å². The Morgan fingerprint density at radius 1 is 1.47 bits per heavy atom. The molecule has 1 aliphatic carbocycles. The van der Waals surface area contributed by atoms with E-state index in [9.17, 15) is 9.50 Å². The van der Waals surface area contributed by atoms with Crippen LogP contribution in [0, 0.1) is 5.82 Å². The van der Waals surface area contributed by atoms with Gasteiger partial charge in [0.25, 0.3) is 0 Å². The van der Waals surface area contributed by atoms with Gasteiger partial charge in [0.1, 0.15) is 0 Å². The van der Waals surface area contributed by atoms with Crippen molar-refractivity contribution in [3.05, 3.63) is 29.6 Å². The molecule has 0 aromatic heterocycles. The van der Waals surface area contributed by atoms with Gasteiger partial charge in [0.2, 0.25) is 0 Å². The molecule has 4 heteroatoms. The van der Waals surface area contributed by atoms with E-state index in [1.807, 2.05) is 0 Å². The quantitative estimate of drug-likeness (QED) is 0.741. The highest BCUT2D eigenvalue weighted by atomic mass is 19.1. The Morgan fingerprint density at radius 2 is 2.24 bits per heavy atom. The van der Waals surface area contributed by atoms with Crippen molar-refractivity contribution in [2.45, 2.75) is 25.4 Å². The second-order valence-electron chi connectivity index (χ2n) is 4.64. The fourth-order valence-electron chi connectivity index (χ4n) is 1.88. The lowest BCUT2D eigenvalue weighted by Crippen LogP contribution is -2.30. The summed E-state index contributed by atoms with van der Waals surface area (Å²) >= 11 is 0. The molecule has 0 radical (unpaired) electrons. The average Bonchev–Trinajstić information content (AvgIpc) is 3.13. The van der Waals surface area contributed by atoms with Crippen LogP contribution < -0.4 is 5.32 Å². The SMILES string of the molecule is CN(CCNCc1cccc(F)c1O)C1CC1. The summed E-state index contributed by atoms with van der Waals surface area (Å²) in [6.07, 6.45) is 2.61. The van der Waals surface area contributed by atoms with Crippen molar-refractivity contribution in [3.8, 4) is 5.75 Å². The molecule has 2 N–H and O–H groups in total. The van der Waals surface area contributed by atoms with Crippen molar-refractivity contribution in [1.29, 1.82) is 0 Å². The maximum atomic E-state index is 13.0. The number of halogens is 1. The first-order valence-electron chi connectivity index (χ1n) is 6.06. The largest absolute Gasteiger partial charge is 0.505 e. The number of hydrogen-bond acceptors (Lipinski definition) is 3. The Hall–Kier alpha value is -1.13. The zero-order valence-electron chi connectivity index (χ0n) is 10.1. The maximum Gasteiger partial charge on any atom is 0.165 e. The van der Waals surface area contributed by atoms with Crippen LogP contribution in [0.1, 0.15) is 18.4 Å². The Bertz CT molecular complexity index is 380. The van der Waals surface area contributed by atoms with E-state index in [4.69, 9.17) is 0 Å². The maximum absolute atomic E-state index is 13.0. The summed E-state index contributed by atoms with van der Waals surface area (Å²) in [5.74, 6) is -0.796. The highest BCUT2D eigenvalue weighted by Gasteiger charge is 2.25. The summed E-state index contributed by atoms with van der Waals surface area (Å²) in [6.45, 7) is 2.34. The number of aromatic hydroxyl groups is 1. The van der Waals surface area contributed by atoms with Crippen molar-refractivity contribution in [1.82, 2.24) is 10.2 Å². The molecule has 0 saturated heterocycles. The van der Waals surface area contributed by atoms with Gasteiger partial charge in [-0.1, -0.05) is 12.1 Å². The molecular weight excluding hydrogens is 219 g/mol. The first kappa shape index (κ1) is 12.3. The van der Waals surface area contributed by atoms with E-state index >= 15 is 0 Å². The molecule has 0 unspecified atom stereocenters. The molecule has 2 rings (SSSR count). The molecule has 1 fully saturated rings. The number of likely N-dealkylation sites (N-methyl/N-ethyl adjacent to an activating group) is 1. The molecule has 94 valence electrons. The normalized spacial score (nSPS) is 15.5. The van der Waals surface area contributed by atoms with Gasteiger partial charge in [-0.15, -0.1) is 0 Å². The van der Waals surface area contributed by atoms with Crippen LogP contribution >= 0.6 is 0 Å². The summed E-state index contributed by atoms with van der Waals surface area (Å²) < 4.78 is 13.0. The Morgan fingerprint density at radius 3 is 2.94 bits per heavy atom. The molecule has 0 atom stereocenters. The molecule has 1 aromatic rings. The van der Waals surface area contributed by atoms with E-state index in [2.05, 4.69) is 17.3 Å². The number of para-hydroxylation sites is 1. The number of hydrogen-bond donors (Lipinski definition) is 2. The number of benzene rings is 1. The molecular formula is C13H19FN2O. The molecule has 1 aromatic carbocycles. The second kappa shape index (κ2) is 5.47. The average molecular weight is 238 g/mol. The zero-order chi connectivity index (χ0) is 12.3. The van der Waals surface area contributed by atoms with Crippen molar-refractivity contribution in [3.63, 3.8) is 0 Å². The van der Waals surface area contributed by atoms with Gasteiger partial charge in [-0.3, -0.25) is 0 Å². The van der Waals surface area contributed by atoms with Gasteiger partial charge in [0.05, 0.1) is 0 Å². The van der Waals surface area contributed by atoms with Gasteiger partial charge in [-0.25, -0.2) is 4.39 Å². The summed E-state index contributed by atoms with van der Waals surface area (Å²) in [4.78, 5) is 2.33. The van der Waals surface area contributed by atoms with E-state index < -0.39 is 5.82 Å². The molecule has 0 aliphatic heterocycles. The lowest BCUT2D eigenvalue weighted by atomic mass is 10.2. The van der Waals surface area contributed by atoms with Crippen LogP contribution in [0.15, 0.2) is 18.2 Å². The van der Waals surface area contributed by atoms with Crippen LogP contribution in [-0.2, 0) is 6.54 Å². The van der Waals surface area contributed by atoms with Crippen LogP contribution in [0.4, 0.5) is 4.39 Å². The van der Waals surface area contributed by atoms with Gasteiger partial charge in [0, 0.05) is 31.2 Å². The molecule has 0 bridgehead atoms. The highest BCUT2D eigenvalue weighted by Crippen LogP contribution is 2.24. The number of phenolic OH excluding ortho intramolecular Hbond substituents is 1. The molecule has 1 aliphatic rings. The van der Waals surface area contributed by atoms with Gasteiger partial charge in [-0.05, 0) is 26.0 Å². The van der Waals surface area contributed by atoms with Crippen molar-refractivity contribution in [2.75, 3.05) is 20.1 Å². The third kappa shape index (κ3) is 3.41. The first-order chi connectivity index (χ1) is 8.18. The van der Waals surface area contributed by atoms with Crippen molar-refractivity contribution >= 4 is 0 Å². The third-order valence-electron chi connectivity index (χ3n) is 3.20. The smallest absolute Gasteiger partial charge is 0.165 e. The predicted octanol–water partition coefficient (Wildman–Crippen LogP) is 1.72. The summed E-state index contributed by atoms with van der Waals surface area (Å²) in [6, 6.07) is 5.37. The number of rotatable bonds is 6. The van der Waals surface area contributed by atoms with Crippen LogP contribution in [0.5, 0.6) is 5.75 Å². The van der Waals surface area contributed by atoms with Crippen molar-refractivity contribution in [2.24, 2.45) is 0 Å². The van der Waals surface area contributed by atoms with Crippen LogP contribution in [0.3, 0.4) is 0 Å². The molecule has 3 nitrogen and oxygen atoms in total. The molecule has 0 spiro atoms. The van der Waals surface area contributed by atoms with E-state index in [-0.39, 0.29) is 5.75 Å². The number of nitrogens with one attached hydrogen (secondary N) is 1. The van der Waals surface area contributed by atoms with Crippen LogP contribution in [0.2, 0.25) is 0 Å². The zero-order valence-corrected chi connectivity index (χ0v) is 10.1. The molecule has 17 heavy (non-hydrogen) atoms. The summed E-state index contributed by atoms with van der Waals surface area (Å²) in [5.41, 5.74) is 0.610. The van der Waals surface area contributed by atoms with E-state index in [1.54, 1.807) is 12.1 Å². The van der Waals surface area contributed by atoms with Gasteiger partial charge in [-0.2, -0.15) is 0 Å². The lowest BCUT2D eigenvalue weighted by molar-refractivity contribution is 0.321. The van der Waals surface area contributed by atoms with Gasteiger partial charge in [0.15, 0.2) is 11.6 Å². The van der Waals surface area contributed by atoms with Crippen LogP contribution in [0.25, 0.3) is 0 Å². The fraction of sp³-hybridized carbons (Fsp3) is 0.538. The standard InChI is InChI=1S/C13H19FN2O/c1-16(11-5-6-11)8-7-15-9-10-3-2-4-12(14)13(10)17/h2-4,11,15,17H,5-9H2,1H3. The Kier molecular flexibility index (Phi) is 3.97. The second-order valence-corrected chi connectivity index (χ2v) is 4.64. The van der Waals surface area contributed by atoms with E-state index in [0.717, 1.165) is 19.1 Å². The summed E-state index contributed by atoms with van der Waals surface area (Å²) in [5, 5.41) is 12.7. The number of phenols is 1. The van der Waals surface area contributed by atoms with Gasteiger partial charge >= 0.3 is 0 Å². The fourth-order valence-corrected chi connectivity index (χ4v) is 1.88. The Balaban J connectivity index is 1.72. The highest BCUT2D eigenvalue weighted by molar-refractivity contribution is 5.33. The topological polar surface area (TPSA) is 35.5 Å². The number of nitrogens with zero attached hydrogens (tertiary/aromatic N) is 1. The predicted molar refractivity (Wildman–Crippen MR) is 65.4 cm³/mol. The van der Waals surface area contributed by atoms with Crippen molar-refractivity contribution < 1.29 is 9.50 Å². The lowest BCUT2D eigenvalue weighted by Gasteiger charge is -2.15. The van der Waals surface area contributed by atoms with E-state index in [1.165, 1.54) is 18.9 Å². The monoisotopic (exact) mass is 238 g/mol. The minimum atomic E-state index is -0.556. The third-order valence-corrected chi connectivity index (χ3v) is 3.20. The minimum absolute atomic E-state index is 0.240.